The van der Waals surface area contributed by atoms with Gasteiger partial charge >= 0.3 is 0 Å². The number of aryl methyl sites for hydroxylation is 1. The first-order valence-corrected chi connectivity index (χ1v) is 6.76. The molecule has 0 bridgehead atoms. The molecule has 1 rings (SSSR count). The van der Waals surface area contributed by atoms with Gasteiger partial charge in [-0.1, -0.05) is 37.3 Å². The van der Waals surface area contributed by atoms with Crippen LogP contribution in [0.25, 0.3) is 0 Å². The van der Waals surface area contributed by atoms with Gasteiger partial charge in [-0.3, -0.25) is 4.79 Å². The second-order valence-electron chi connectivity index (χ2n) is 4.67. The van der Waals surface area contributed by atoms with Crippen molar-refractivity contribution in [1.82, 2.24) is 10.6 Å². The van der Waals surface area contributed by atoms with Gasteiger partial charge in [-0.25, -0.2) is 0 Å². The van der Waals surface area contributed by atoms with E-state index < -0.39 is 0 Å². The normalized spacial score (nSPS) is 12.1. The van der Waals surface area contributed by atoms with Gasteiger partial charge in [0.15, 0.2) is 0 Å². The highest BCUT2D eigenvalue weighted by Crippen LogP contribution is 2.04. The minimum Gasteiger partial charge on any atom is -0.353 e. The van der Waals surface area contributed by atoms with E-state index in [4.69, 9.17) is 0 Å². The lowest BCUT2D eigenvalue weighted by Crippen LogP contribution is -2.39. The Bertz CT molecular complexity index is 338. The molecule has 0 saturated carbocycles. The Morgan fingerprint density at radius 1 is 1.28 bits per heavy atom. The summed E-state index contributed by atoms with van der Waals surface area (Å²) in [4.78, 5) is 11.6. The Balaban J connectivity index is 2.17. The molecule has 0 aliphatic rings. The van der Waals surface area contributed by atoms with Crippen molar-refractivity contribution in [2.45, 2.75) is 39.2 Å². The van der Waals surface area contributed by atoms with Gasteiger partial charge in [0, 0.05) is 6.04 Å². The molecule has 3 heteroatoms. The van der Waals surface area contributed by atoms with Gasteiger partial charge in [0.2, 0.25) is 5.91 Å². The molecule has 0 radical (unpaired) electrons. The number of hydrogen-bond donors (Lipinski definition) is 2. The van der Waals surface area contributed by atoms with Crippen LogP contribution in [0.3, 0.4) is 0 Å². The van der Waals surface area contributed by atoms with Crippen LogP contribution in [-0.2, 0) is 11.2 Å². The third kappa shape index (κ3) is 6.40. The van der Waals surface area contributed by atoms with Crippen molar-refractivity contribution in [2.75, 3.05) is 13.1 Å². The Labute approximate surface area is 110 Å². The standard InChI is InChI=1S/C15H24N2O/c1-3-11-16-12-15(18)17-13(2)9-10-14-7-5-4-6-8-14/h4-8,13,16H,3,9-12H2,1-2H3,(H,17,18). The predicted molar refractivity (Wildman–Crippen MR) is 75.5 cm³/mol. The molecule has 1 amide bonds. The molecule has 1 unspecified atom stereocenters. The van der Waals surface area contributed by atoms with Crippen molar-refractivity contribution in [1.29, 1.82) is 0 Å². The van der Waals surface area contributed by atoms with Crippen molar-refractivity contribution >= 4 is 5.91 Å². The fourth-order valence-electron chi connectivity index (χ4n) is 1.80. The van der Waals surface area contributed by atoms with Crippen LogP contribution in [0.1, 0.15) is 32.3 Å². The van der Waals surface area contributed by atoms with E-state index in [0.29, 0.717) is 6.54 Å². The van der Waals surface area contributed by atoms with Crippen molar-refractivity contribution in [3.8, 4) is 0 Å². The lowest BCUT2D eigenvalue weighted by molar-refractivity contribution is -0.120. The minimum atomic E-state index is 0.0870. The zero-order chi connectivity index (χ0) is 13.2. The molecule has 2 N–H and O–H groups in total. The van der Waals surface area contributed by atoms with Crippen molar-refractivity contribution in [2.24, 2.45) is 0 Å². The lowest BCUT2D eigenvalue weighted by Gasteiger charge is -2.14. The monoisotopic (exact) mass is 248 g/mol. The number of carbonyl (C=O) groups is 1. The maximum Gasteiger partial charge on any atom is 0.234 e. The van der Waals surface area contributed by atoms with Gasteiger partial charge in [-0.15, -0.1) is 0 Å². The molecule has 1 atom stereocenters. The Morgan fingerprint density at radius 2 is 2.00 bits per heavy atom. The summed E-state index contributed by atoms with van der Waals surface area (Å²) in [5.74, 6) is 0.0870. The smallest absolute Gasteiger partial charge is 0.234 e. The number of carbonyl (C=O) groups excluding carboxylic acids is 1. The van der Waals surface area contributed by atoms with E-state index in [-0.39, 0.29) is 11.9 Å². The van der Waals surface area contributed by atoms with Gasteiger partial charge in [0.25, 0.3) is 0 Å². The lowest BCUT2D eigenvalue weighted by atomic mass is 10.1. The van der Waals surface area contributed by atoms with Crippen LogP contribution in [0.4, 0.5) is 0 Å². The zero-order valence-electron chi connectivity index (χ0n) is 11.4. The predicted octanol–water partition coefficient (Wildman–Crippen LogP) is 2.12. The SMILES string of the molecule is CCCNCC(=O)NC(C)CCc1ccccc1. The number of hydrogen-bond acceptors (Lipinski definition) is 2. The number of benzene rings is 1. The molecule has 0 heterocycles. The summed E-state index contributed by atoms with van der Waals surface area (Å²) >= 11 is 0. The quantitative estimate of drug-likeness (QED) is 0.692. The van der Waals surface area contributed by atoms with E-state index in [1.54, 1.807) is 0 Å². The van der Waals surface area contributed by atoms with E-state index >= 15 is 0 Å². The highest BCUT2D eigenvalue weighted by molar-refractivity contribution is 5.78. The third-order valence-electron chi connectivity index (χ3n) is 2.83. The number of nitrogens with one attached hydrogen (secondary N) is 2. The second kappa shape index (κ2) is 8.70. The molecule has 0 aliphatic heterocycles. The van der Waals surface area contributed by atoms with Gasteiger partial charge in [0.05, 0.1) is 6.54 Å². The van der Waals surface area contributed by atoms with E-state index in [9.17, 15) is 4.79 Å². The highest BCUT2D eigenvalue weighted by atomic mass is 16.1. The third-order valence-corrected chi connectivity index (χ3v) is 2.83. The molecule has 0 spiro atoms. The zero-order valence-corrected chi connectivity index (χ0v) is 11.4. The number of amides is 1. The summed E-state index contributed by atoms with van der Waals surface area (Å²) in [6, 6.07) is 10.6. The fourth-order valence-corrected chi connectivity index (χ4v) is 1.80. The molecular formula is C15H24N2O. The topological polar surface area (TPSA) is 41.1 Å². The Morgan fingerprint density at radius 3 is 2.67 bits per heavy atom. The van der Waals surface area contributed by atoms with Crippen LogP contribution in [0.2, 0.25) is 0 Å². The average Bonchev–Trinajstić information content (AvgIpc) is 2.38. The molecule has 3 nitrogen and oxygen atoms in total. The van der Waals surface area contributed by atoms with Crippen LogP contribution in [0.5, 0.6) is 0 Å². The second-order valence-corrected chi connectivity index (χ2v) is 4.67. The van der Waals surface area contributed by atoms with Crippen LogP contribution >= 0.6 is 0 Å². The van der Waals surface area contributed by atoms with E-state index in [0.717, 1.165) is 25.8 Å². The van der Waals surface area contributed by atoms with Crippen LogP contribution < -0.4 is 10.6 Å². The van der Waals surface area contributed by atoms with Gasteiger partial charge < -0.3 is 10.6 Å². The van der Waals surface area contributed by atoms with Crippen molar-refractivity contribution in [3.05, 3.63) is 35.9 Å². The molecule has 0 fully saturated rings. The van der Waals surface area contributed by atoms with Gasteiger partial charge in [-0.05, 0) is 38.3 Å². The van der Waals surface area contributed by atoms with Crippen molar-refractivity contribution < 1.29 is 4.79 Å². The van der Waals surface area contributed by atoms with Gasteiger partial charge in [0.1, 0.15) is 0 Å². The maximum absolute atomic E-state index is 11.6. The highest BCUT2D eigenvalue weighted by Gasteiger charge is 2.06. The fraction of sp³-hybridized carbons (Fsp3) is 0.533. The molecule has 1 aromatic carbocycles. The van der Waals surface area contributed by atoms with E-state index in [2.05, 4.69) is 36.6 Å². The molecule has 0 aromatic heterocycles. The molecule has 0 saturated heterocycles. The molecule has 100 valence electrons. The summed E-state index contributed by atoms with van der Waals surface area (Å²) < 4.78 is 0. The molecule has 1 aromatic rings. The van der Waals surface area contributed by atoms with Crippen LogP contribution in [0, 0.1) is 0 Å². The summed E-state index contributed by atoms with van der Waals surface area (Å²) in [7, 11) is 0. The van der Waals surface area contributed by atoms with Crippen molar-refractivity contribution in [3.63, 3.8) is 0 Å². The van der Waals surface area contributed by atoms with Crippen LogP contribution in [0.15, 0.2) is 30.3 Å². The number of rotatable bonds is 8. The first kappa shape index (κ1) is 14.7. The van der Waals surface area contributed by atoms with E-state index in [1.807, 2.05) is 18.2 Å². The average molecular weight is 248 g/mol. The van der Waals surface area contributed by atoms with E-state index in [1.165, 1.54) is 5.56 Å². The summed E-state index contributed by atoms with van der Waals surface area (Å²) in [5, 5.41) is 6.11. The maximum atomic E-state index is 11.6. The summed E-state index contributed by atoms with van der Waals surface area (Å²) in [5.41, 5.74) is 1.32. The largest absolute Gasteiger partial charge is 0.353 e. The Hall–Kier alpha value is -1.35. The Kier molecular flexibility index (Phi) is 7.11. The minimum absolute atomic E-state index is 0.0870. The van der Waals surface area contributed by atoms with Crippen LogP contribution in [-0.4, -0.2) is 25.0 Å². The first-order valence-electron chi connectivity index (χ1n) is 6.76. The molecular weight excluding hydrogens is 224 g/mol. The first-order chi connectivity index (χ1) is 8.72. The molecule has 18 heavy (non-hydrogen) atoms. The molecule has 0 aliphatic carbocycles. The van der Waals surface area contributed by atoms with Gasteiger partial charge in [-0.2, -0.15) is 0 Å². The summed E-state index contributed by atoms with van der Waals surface area (Å²) in [6.45, 7) is 5.46. The summed E-state index contributed by atoms with van der Waals surface area (Å²) in [6.07, 6.45) is 3.03.